The van der Waals surface area contributed by atoms with Crippen molar-refractivity contribution in [2.45, 2.75) is 33.3 Å². The Labute approximate surface area is 79.6 Å². The number of hydrogen-bond donors (Lipinski definition) is 1. The summed E-state index contributed by atoms with van der Waals surface area (Å²) >= 11 is 0. The summed E-state index contributed by atoms with van der Waals surface area (Å²) in [5.74, 6) is 0.509. The van der Waals surface area contributed by atoms with E-state index in [1.54, 1.807) is 6.20 Å². The maximum absolute atomic E-state index is 9.83. The van der Waals surface area contributed by atoms with Crippen molar-refractivity contribution < 1.29 is 5.11 Å². The summed E-state index contributed by atoms with van der Waals surface area (Å²) in [5, 5.41) is 9.83. The minimum Gasteiger partial charge on any atom is -0.388 e. The molecule has 0 bridgehead atoms. The van der Waals surface area contributed by atoms with Gasteiger partial charge in [0.25, 0.3) is 0 Å². The van der Waals surface area contributed by atoms with Crippen molar-refractivity contribution in [3.05, 3.63) is 29.6 Å². The van der Waals surface area contributed by atoms with Crippen molar-refractivity contribution in [3.8, 4) is 0 Å². The van der Waals surface area contributed by atoms with E-state index in [0.29, 0.717) is 5.92 Å². The molecule has 0 saturated heterocycles. The van der Waals surface area contributed by atoms with E-state index < -0.39 is 0 Å². The van der Waals surface area contributed by atoms with Crippen LogP contribution in [0.3, 0.4) is 0 Å². The standard InChI is InChI=1S/C11H17NO/c1-8(2)7-11(13)10-5-4-6-12-9(10)3/h4-6,8,11,13H,7H2,1-3H3. The summed E-state index contributed by atoms with van der Waals surface area (Å²) < 4.78 is 0. The molecule has 0 fully saturated rings. The molecule has 1 aromatic rings. The van der Waals surface area contributed by atoms with Crippen molar-refractivity contribution in [2.75, 3.05) is 0 Å². The van der Waals surface area contributed by atoms with E-state index in [4.69, 9.17) is 0 Å². The number of aliphatic hydroxyl groups is 1. The van der Waals surface area contributed by atoms with Crippen molar-refractivity contribution >= 4 is 0 Å². The van der Waals surface area contributed by atoms with Crippen molar-refractivity contribution in [3.63, 3.8) is 0 Å². The first kappa shape index (κ1) is 10.2. The van der Waals surface area contributed by atoms with Crippen molar-refractivity contribution in [1.82, 2.24) is 4.98 Å². The molecule has 0 saturated carbocycles. The van der Waals surface area contributed by atoms with Crippen LogP contribution in [0, 0.1) is 12.8 Å². The van der Waals surface area contributed by atoms with Gasteiger partial charge in [-0.25, -0.2) is 0 Å². The van der Waals surface area contributed by atoms with Crippen LogP contribution in [-0.4, -0.2) is 10.1 Å². The SMILES string of the molecule is Cc1ncccc1C(O)CC(C)C. The number of nitrogens with zero attached hydrogens (tertiary/aromatic N) is 1. The van der Waals surface area contributed by atoms with Gasteiger partial charge in [-0.1, -0.05) is 19.9 Å². The third kappa shape index (κ3) is 2.81. The first-order chi connectivity index (χ1) is 6.11. The topological polar surface area (TPSA) is 33.1 Å². The molecule has 0 amide bonds. The summed E-state index contributed by atoms with van der Waals surface area (Å²) in [6.45, 7) is 6.14. The fourth-order valence-electron chi connectivity index (χ4n) is 1.42. The lowest BCUT2D eigenvalue weighted by atomic mass is 9.99. The van der Waals surface area contributed by atoms with Gasteiger partial charge in [0, 0.05) is 17.5 Å². The Hall–Kier alpha value is -0.890. The smallest absolute Gasteiger partial charge is 0.0810 e. The van der Waals surface area contributed by atoms with E-state index in [1.165, 1.54) is 0 Å². The molecule has 2 nitrogen and oxygen atoms in total. The number of hydrogen-bond acceptors (Lipinski definition) is 2. The second kappa shape index (κ2) is 4.38. The van der Waals surface area contributed by atoms with Crippen LogP contribution >= 0.6 is 0 Å². The van der Waals surface area contributed by atoms with Crippen LogP contribution in [0.4, 0.5) is 0 Å². The number of aryl methyl sites for hydroxylation is 1. The molecule has 72 valence electrons. The number of aromatic nitrogens is 1. The second-order valence-electron chi connectivity index (χ2n) is 3.82. The van der Waals surface area contributed by atoms with Gasteiger partial charge < -0.3 is 5.11 Å². The van der Waals surface area contributed by atoms with E-state index in [9.17, 15) is 5.11 Å². The predicted molar refractivity (Wildman–Crippen MR) is 53.4 cm³/mol. The normalized spacial score (nSPS) is 13.3. The van der Waals surface area contributed by atoms with Crippen LogP contribution in [0.2, 0.25) is 0 Å². The fraction of sp³-hybridized carbons (Fsp3) is 0.545. The summed E-state index contributed by atoms with van der Waals surface area (Å²) in [7, 11) is 0. The summed E-state index contributed by atoms with van der Waals surface area (Å²) in [4.78, 5) is 4.15. The van der Waals surface area contributed by atoms with E-state index >= 15 is 0 Å². The maximum Gasteiger partial charge on any atom is 0.0810 e. The van der Waals surface area contributed by atoms with E-state index in [0.717, 1.165) is 17.7 Å². The van der Waals surface area contributed by atoms with Crippen molar-refractivity contribution in [2.24, 2.45) is 5.92 Å². The van der Waals surface area contributed by atoms with E-state index in [-0.39, 0.29) is 6.10 Å². The monoisotopic (exact) mass is 179 g/mol. The van der Waals surface area contributed by atoms with Crippen LogP contribution in [0.1, 0.15) is 37.6 Å². The molecule has 0 aliphatic carbocycles. The van der Waals surface area contributed by atoms with Gasteiger partial charge in [-0.15, -0.1) is 0 Å². The Balaban J connectivity index is 2.76. The van der Waals surface area contributed by atoms with Gasteiger partial charge in [0.15, 0.2) is 0 Å². The molecule has 1 N–H and O–H groups in total. The first-order valence-corrected chi connectivity index (χ1v) is 4.71. The van der Waals surface area contributed by atoms with E-state index in [2.05, 4.69) is 18.8 Å². The third-order valence-corrected chi connectivity index (χ3v) is 2.10. The van der Waals surface area contributed by atoms with Crippen LogP contribution in [0.15, 0.2) is 18.3 Å². The van der Waals surface area contributed by atoms with Gasteiger partial charge in [-0.05, 0) is 25.3 Å². The Morgan fingerprint density at radius 2 is 2.15 bits per heavy atom. The minimum absolute atomic E-state index is 0.367. The lowest BCUT2D eigenvalue weighted by molar-refractivity contribution is 0.150. The predicted octanol–water partition coefficient (Wildman–Crippen LogP) is 2.47. The molecule has 1 rings (SSSR count). The van der Waals surface area contributed by atoms with Gasteiger partial charge in [-0.2, -0.15) is 0 Å². The average molecular weight is 179 g/mol. The fourth-order valence-corrected chi connectivity index (χ4v) is 1.42. The molecule has 1 atom stereocenters. The molecule has 1 aromatic heterocycles. The summed E-state index contributed by atoms with van der Waals surface area (Å²) in [6.07, 6.45) is 2.18. The Morgan fingerprint density at radius 1 is 1.46 bits per heavy atom. The molecule has 2 heteroatoms. The van der Waals surface area contributed by atoms with Crippen LogP contribution < -0.4 is 0 Å². The molecule has 0 radical (unpaired) electrons. The summed E-state index contributed by atoms with van der Waals surface area (Å²) in [5.41, 5.74) is 1.88. The number of rotatable bonds is 3. The highest BCUT2D eigenvalue weighted by Crippen LogP contribution is 2.22. The molecular formula is C11H17NO. The maximum atomic E-state index is 9.83. The Morgan fingerprint density at radius 3 is 2.69 bits per heavy atom. The van der Waals surface area contributed by atoms with E-state index in [1.807, 2.05) is 19.1 Å². The molecule has 1 heterocycles. The van der Waals surface area contributed by atoms with Gasteiger partial charge in [0.05, 0.1) is 6.10 Å². The zero-order chi connectivity index (χ0) is 9.84. The number of pyridine rings is 1. The molecule has 0 aliphatic heterocycles. The molecule has 0 aromatic carbocycles. The van der Waals surface area contributed by atoms with Gasteiger partial charge in [0.2, 0.25) is 0 Å². The largest absolute Gasteiger partial charge is 0.388 e. The first-order valence-electron chi connectivity index (χ1n) is 4.71. The van der Waals surface area contributed by atoms with Crippen LogP contribution in [-0.2, 0) is 0 Å². The van der Waals surface area contributed by atoms with Gasteiger partial charge >= 0.3 is 0 Å². The van der Waals surface area contributed by atoms with Gasteiger partial charge in [-0.3, -0.25) is 4.98 Å². The molecule has 1 unspecified atom stereocenters. The van der Waals surface area contributed by atoms with Crippen LogP contribution in [0.5, 0.6) is 0 Å². The Kier molecular flexibility index (Phi) is 3.43. The quantitative estimate of drug-likeness (QED) is 0.773. The highest BCUT2D eigenvalue weighted by molar-refractivity contribution is 5.20. The minimum atomic E-state index is -0.367. The average Bonchev–Trinajstić information content (AvgIpc) is 2.03. The second-order valence-corrected chi connectivity index (χ2v) is 3.82. The molecular weight excluding hydrogens is 162 g/mol. The highest BCUT2D eigenvalue weighted by Gasteiger charge is 2.11. The number of aliphatic hydroxyl groups excluding tert-OH is 1. The van der Waals surface area contributed by atoms with Crippen molar-refractivity contribution in [1.29, 1.82) is 0 Å². The molecule has 0 aliphatic rings. The zero-order valence-electron chi connectivity index (χ0n) is 8.49. The highest BCUT2D eigenvalue weighted by atomic mass is 16.3. The molecule has 13 heavy (non-hydrogen) atoms. The summed E-state index contributed by atoms with van der Waals surface area (Å²) in [6, 6.07) is 3.81. The Bertz CT molecular complexity index is 271. The molecule has 0 spiro atoms. The zero-order valence-corrected chi connectivity index (χ0v) is 8.49. The van der Waals surface area contributed by atoms with Gasteiger partial charge in [0.1, 0.15) is 0 Å². The lowest BCUT2D eigenvalue weighted by Crippen LogP contribution is -2.04. The van der Waals surface area contributed by atoms with Crippen LogP contribution in [0.25, 0.3) is 0 Å². The third-order valence-electron chi connectivity index (χ3n) is 2.10. The lowest BCUT2D eigenvalue weighted by Gasteiger charge is -2.14.